The summed E-state index contributed by atoms with van der Waals surface area (Å²) in [5, 5.41) is 18.2. The highest BCUT2D eigenvalue weighted by molar-refractivity contribution is 14.1. The molecule has 0 aromatic carbocycles. The SMILES string of the molecule is O=c1[nH]c(=O)n([C@H]2C[C@H](O)[C@@H](CO)S2)cc1I. The largest absolute Gasteiger partial charge is 0.395 e. The van der Waals surface area contributed by atoms with E-state index in [0.29, 0.717) is 9.99 Å². The summed E-state index contributed by atoms with van der Waals surface area (Å²) in [6, 6.07) is 0. The summed E-state index contributed by atoms with van der Waals surface area (Å²) in [7, 11) is 0. The molecule has 1 aliphatic rings. The van der Waals surface area contributed by atoms with Gasteiger partial charge in [0, 0.05) is 12.6 Å². The first-order chi connectivity index (χ1) is 8.02. The zero-order valence-electron chi connectivity index (χ0n) is 8.67. The van der Waals surface area contributed by atoms with Crippen molar-refractivity contribution in [2.75, 3.05) is 6.61 Å². The predicted octanol–water partition coefficient (Wildman–Crippen LogP) is -0.502. The minimum atomic E-state index is -0.633. The van der Waals surface area contributed by atoms with Gasteiger partial charge in [0.2, 0.25) is 0 Å². The predicted molar refractivity (Wildman–Crippen MR) is 72.2 cm³/mol. The van der Waals surface area contributed by atoms with E-state index in [9.17, 15) is 14.7 Å². The Morgan fingerprint density at radius 3 is 2.88 bits per heavy atom. The minimum absolute atomic E-state index is 0.127. The summed E-state index contributed by atoms with van der Waals surface area (Å²) in [6.45, 7) is -0.127. The summed E-state index contributed by atoms with van der Waals surface area (Å²) in [6.07, 6.45) is 1.23. The van der Waals surface area contributed by atoms with Crippen molar-refractivity contribution in [2.24, 2.45) is 0 Å². The number of nitrogens with one attached hydrogen (secondary N) is 1. The Kier molecular flexibility index (Phi) is 3.95. The molecule has 6 nitrogen and oxygen atoms in total. The van der Waals surface area contributed by atoms with Gasteiger partial charge in [0.15, 0.2) is 0 Å². The standard InChI is InChI=1S/C9H11IN2O4S/c10-4-2-12(9(16)11-8(4)15)7-1-5(14)6(3-13)17-7/h2,5-7,13-14H,1,3H2,(H,11,15,16)/t5-,6+,7+/m0/s1. The van der Waals surface area contributed by atoms with E-state index in [0.717, 1.165) is 0 Å². The molecule has 8 heteroatoms. The first-order valence-corrected chi connectivity index (χ1v) is 7.00. The number of hydrogen-bond donors (Lipinski definition) is 3. The molecule has 1 saturated heterocycles. The number of aliphatic hydroxyl groups is 2. The van der Waals surface area contributed by atoms with Crippen LogP contribution in [0.2, 0.25) is 0 Å². The van der Waals surface area contributed by atoms with E-state index < -0.39 is 17.4 Å². The van der Waals surface area contributed by atoms with Crippen LogP contribution in [0, 0.1) is 3.57 Å². The number of thioether (sulfide) groups is 1. The van der Waals surface area contributed by atoms with Crippen molar-refractivity contribution in [3.63, 3.8) is 0 Å². The summed E-state index contributed by atoms with van der Waals surface area (Å²) in [5.74, 6) is 0. The quantitative estimate of drug-likeness (QED) is 0.610. The molecule has 0 spiro atoms. The maximum absolute atomic E-state index is 11.6. The molecule has 1 aliphatic heterocycles. The van der Waals surface area contributed by atoms with Crippen molar-refractivity contribution in [1.29, 1.82) is 0 Å². The molecule has 2 heterocycles. The zero-order chi connectivity index (χ0) is 12.6. The molecule has 17 heavy (non-hydrogen) atoms. The van der Waals surface area contributed by atoms with Crippen molar-refractivity contribution < 1.29 is 10.2 Å². The number of H-pyrrole nitrogens is 1. The van der Waals surface area contributed by atoms with Crippen LogP contribution in [0.5, 0.6) is 0 Å². The van der Waals surface area contributed by atoms with Gasteiger partial charge in [-0.2, -0.15) is 0 Å². The second-order valence-corrected chi connectivity index (χ2v) is 6.34. The smallest absolute Gasteiger partial charge is 0.329 e. The van der Waals surface area contributed by atoms with E-state index in [1.807, 2.05) is 22.6 Å². The molecule has 2 rings (SSSR count). The number of nitrogens with zero attached hydrogens (tertiary/aromatic N) is 1. The van der Waals surface area contributed by atoms with Crippen LogP contribution in [0.4, 0.5) is 0 Å². The van der Waals surface area contributed by atoms with Crippen LogP contribution in [0.3, 0.4) is 0 Å². The van der Waals surface area contributed by atoms with Crippen LogP contribution >= 0.6 is 34.4 Å². The number of aliphatic hydroxyl groups excluding tert-OH is 2. The molecule has 3 N–H and O–H groups in total. The van der Waals surface area contributed by atoms with E-state index in [2.05, 4.69) is 4.98 Å². The highest BCUT2D eigenvalue weighted by atomic mass is 127. The van der Waals surface area contributed by atoms with Crippen LogP contribution in [0.1, 0.15) is 11.8 Å². The first kappa shape index (κ1) is 13.1. The van der Waals surface area contributed by atoms with Gasteiger partial charge in [-0.25, -0.2) is 4.79 Å². The highest BCUT2D eigenvalue weighted by Gasteiger charge is 2.34. The molecule has 1 aromatic rings. The molecule has 3 atom stereocenters. The van der Waals surface area contributed by atoms with E-state index in [-0.39, 0.29) is 17.2 Å². The summed E-state index contributed by atoms with van der Waals surface area (Å²) < 4.78 is 1.82. The Labute approximate surface area is 114 Å². The number of rotatable bonds is 2. The molecule has 0 bridgehead atoms. The average Bonchev–Trinajstić information content (AvgIpc) is 2.65. The van der Waals surface area contributed by atoms with Crippen molar-refractivity contribution in [3.8, 4) is 0 Å². The highest BCUT2D eigenvalue weighted by Crippen LogP contribution is 2.40. The zero-order valence-corrected chi connectivity index (χ0v) is 11.6. The van der Waals surface area contributed by atoms with Gasteiger partial charge < -0.3 is 10.2 Å². The van der Waals surface area contributed by atoms with Crippen LogP contribution in [0.15, 0.2) is 15.8 Å². The molecule has 0 amide bonds. The van der Waals surface area contributed by atoms with Gasteiger partial charge in [-0.1, -0.05) is 0 Å². The van der Waals surface area contributed by atoms with Crippen LogP contribution < -0.4 is 11.2 Å². The maximum Gasteiger partial charge on any atom is 0.329 e. The van der Waals surface area contributed by atoms with Crippen molar-refractivity contribution in [2.45, 2.75) is 23.1 Å². The van der Waals surface area contributed by atoms with E-state index in [1.54, 1.807) is 0 Å². The molecular weight excluding hydrogens is 359 g/mol. The lowest BCUT2D eigenvalue weighted by Gasteiger charge is -2.12. The summed E-state index contributed by atoms with van der Waals surface area (Å²) >= 11 is 3.19. The molecular formula is C9H11IN2O4S. The Morgan fingerprint density at radius 2 is 2.29 bits per heavy atom. The molecule has 0 radical (unpaired) electrons. The van der Waals surface area contributed by atoms with Crippen molar-refractivity contribution in [1.82, 2.24) is 9.55 Å². The van der Waals surface area contributed by atoms with Crippen LogP contribution in [-0.4, -0.2) is 37.7 Å². The fraction of sp³-hybridized carbons (Fsp3) is 0.556. The monoisotopic (exact) mass is 370 g/mol. The second-order valence-electron chi connectivity index (χ2n) is 3.76. The number of aromatic amines is 1. The lowest BCUT2D eigenvalue weighted by molar-refractivity contribution is 0.137. The second kappa shape index (κ2) is 5.12. The minimum Gasteiger partial charge on any atom is -0.395 e. The normalized spacial score (nSPS) is 28.5. The van der Waals surface area contributed by atoms with Crippen LogP contribution in [-0.2, 0) is 0 Å². The number of hydrogen-bond acceptors (Lipinski definition) is 5. The van der Waals surface area contributed by atoms with Gasteiger partial charge >= 0.3 is 5.69 Å². The Bertz CT molecular complexity index is 528. The third kappa shape index (κ3) is 2.59. The topological polar surface area (TPSA) is 95.3 Å². The van der Waals surface area contributed by atoms with Gasteiger partial charge in [0.25, 0.3) is 5.56 Å². The van der Waals surface area contributed by atoms with Gasteiger partial charge in [-0.05, 0) is 22.6 Å². The van der Waals surface area contributed by atoms with Gasteiger partial charge in [-0.3, -0.25) is 14.3 Å². The fourth-order valence-corrected chi connectivity index (χ4v) is 3.54. The van der Waals surface area contributed by atoms with E-state index in [1.165, 1.54) is 22.5 Å². The lowest BCUT2D eigenvalue weighted by atomic mass is 10.2. The molecule has 1 fully saturated rings. The van der Waals surface area contributed by atoms with Gasteiger partial charge in [-0.15, -0.1) is 11.8 Å². The molecule has 0 aliphatic carbocycles. The lowest BCUT2D eigenvalue weighted by Crippen LogP contribution is -2.32. The summed E-state index contributed by atoms with van der Waals surface area (Å²) in [5.41, 5.74) is -0.896. The fourth-order valence-electron chi connectivity index (χ4n) is 1.72. The summed E-state index contributed by atoms with van der Waals surface area (Å²) in [4.78, 5) is 25.1. The van der Waals surface area contributed by atoms with Gasteiger partial charge in [0.05, 0.1) is 26.9 Å². The van der Waals surface area contributed by atoms with Gasteiger partial charge in [0.1, 0.15) is 0 Å². The average molecular weight is 370 g/mol. The molecule has 0 unspecified atom stereocenters. The number of halogens is 1. The Balaban J connectivity index is 2.34. The van der Waals surface area contributed by atoms with Crippen LogP contribution in [0.25, 0.3) is 0 Å². The molecule has 1 aromatic heterocycles. The van der Waals surface area contributed by atoms with Crippen molar-refractivity contribution in [3.05, 3.63) is 30.6 Å². The maximum atomic E-state index is 11.6. The van der Waals surface area contributed by atoms with Crippen molar-refractivity contribution >= 4 is 34.4 Å². The number of aromatic nitrogens is 2. The molecule has 94 valence electrons. The van der Waals surface area contributed by atoms with E-state index >= 15 is 0 Å². The third-order valence-corrected chi connectivity index (χ3v) is 4.93. The van der Waals surface area contributed by atoms with E-state index in [4.69, 9.17) is 5.11 Å². The Morgan fingerprint density at radius 1 is 1.59 bits per heavy atom. The third-order valence-electron chi connectivity index (χ3n) is 2.62. The first-order valence-electron chi connectivity index (χ1n) is 4.98. The molecule has 0 saturated carbocycles. The Hall–Kier alpha value is -0.320.